The van der Waals surface area contributed by atoms with Crippen LogP contribution in [-0.4, -0.2) is 66.7 Å². The molecule has 0 amide bonds. The largest absolute Gasteiger partial charge is 0.381 e. The molecule has 1 aromatic carbocycles. The van der Waals surface area contributed by atoms with E-state index >= 15 is 0 Å². The number of hydrogen-bond donors (Lipinski definition) is 2. The third-order valence-electron chi connectivity index (χ3n) is 9.36. The lowest BCUT2D eigenvalue weighted by molar-refractivity contribution is 0.179. The number of benzene rings is 1. The Balaban J connectivity index is 1.39. The molecule has 1 aliphatic heterocycles. The predicted octanol–water partition coefficient (Wildman–Crippen LogP) is 6.53. The maximum Gasteiger partial charge on any atom is 0.0896 e. The minimum Gasteiger partial charge on any atom is -0.381 e. The molecule has 216 valence electrons. The lowest BCUT2D eigenvalue weighted by atomic mass is 9.96. The summed E-state index contributed by atoms with van der Waals surface area (Å²) in [6.07, 6.45) is 12.2. The lowest BCUT2D eigenvalue weighted by Gasteiger charge is -2.39. The SMILES string of the molecule is CCc1cc(-c2cncc3nc(CC)c(NC4CCC(C)C4)cc23)ccc1N1CCC(N(CC)CCNC)CC1. The summed E-state index contributed by atoms with van der Waals surface area (Å²) in [6.45, 7) is 14.7. The molecule has 2 fully saturated rings. The zero-order valence-corrected chi connectivity index (χ0v) is 25.5. The standard InChI is InChI=1S/C34H50N6/c1-6-25-20-26(10-12-34(25)40-16-13-28(14-17-40)39(8-3)18-15-35-5)30-22-36-23-33-29(30)21-32(31(7-2)38-33)37-27-11-9-24(4)19-27/h10,12,20-24,27-28,35,37H,6-9,11,13-19H2,1-5H3. The fourth-order valence-corrected chi connectivity index (χ4v) is 6.99. The number of fused-ring (bicyclic) bond motifs is 1. The van der Waals surface area contributed by atoms with Crippen LogP contribution in [0.4, 0.5) is 11.4 Å². The lowest BCUT2D eigenvalue weighted by Crippen LogP contribution is -2.46. The number of pyridine rings is 2. The molecule has 0 spiro atoms. The molecule has 5 rings (SSSR count). The number of nitrogens with one attached hydrogen (secondary N) is 2. The zero-order chi connectivity index (χ0) is 28.1. The molecule has 40 heavy (non-hydrogen) atoms. The van der Waals surface area contributed by atoms with Gasteiger partial charge in [0.25, 0.3) is 0 Å². The highest BCUT2D eigenvalue weighted by molar-refractivity contribution is 5.96. The van der Waals surface area contributed by atoms with Gasteiger partial charge in [0.05, 0.1) is 23.1 Å². The van der Waals surface area contributed by atoms with Crippen LogP contribution < -0.4 is 15.5 Å². The fraction of sp³-hybridized carbons (Fsp3) is 0.588. The summed E-state index contributed by atoms with van der Waals surface area (Å²) in [5, 5.41) is 8.37. The average Bonchev–Trinajstić information content (AvgIpc) is 3.41. The van der Waals surface area contributed by atoms with Gasteiger partial charge in [-0.05, 0) is 93.8 Å². The van der Waals surface area contributed by atoms with Crippen LogP contribution in [0.3, 0.4) is 0 Å². The summed E-state index contributed by atoms with van der Waals surface area (Å²) >= 11 is 0. The van der Waals surface area contributed by atoms with Crippen LogP contribution in [-0.2, 0) is 12.8 Å². The third-order valence-corrected chi connectivity index (χ3v) is 9.36. The van der Waals surface area contributed by atoms with Gasteiger partial charge in [0.2, 0.25) is 0 Å². The normalized spacial score (nSPS) is 20.1. The molecule has 1 aliphatic carbocycles. The van der Waals surface area contributed by atoms with E-state index < -0.39 is 0 Å². The Kier molecular flexibility index (Phi) is 9.59. The topological polar surface area (TPSA) is 56.3 Å². The van der Waals surface area contributed by atoms with Crippen molar-refractivity contribution < 1.29 is 0 Å². The van der Waals surface area contributed by atoms with Gasteiger partial charge in [0, 0.05) is 61.1 Å². The summed E-state index contributed by atoms with van der Waals surface area (Å²) in [4.78, 5) is 15.0. The third kappa shape index (κ3) is 6.28. The molecule has 2 atom stereocenters. The van der Waals surface area contributed by atoms with Crippen molar-refractivity contribution in [2.45, 2.75) is 84.7 Å². The number of nitrogens with zero attached hydrogens (tertiary/aromatic N) is 4. The van der Waals surface area contributed by atoms with Gasteiger partial charge in [-0.15, -0.1) is 0 Å². The van der Waals surface area contributed by atoms with Gasteiger partial charge in [-0.3, -0.25) is 9.88 Å². The van der Waals surface area contributed by atoms with Gasteiger partial charge >= 0.3 is 0 Å². The first-order valence-corrected chi connectivity index (χ1v) is 15.9. The van der Waals surface area contributed by atoms with E-state index in [2.05, 4.69) is 77.4 Å². The van der Waals surface area contributed by atoms with Gasteiger partial charge in [-0.2, -0.15) is 0 Å². The molecule has 6 heteroatoms. The van der Waals surface area contributed by atoms with E-state index in [4.69, 9.17) is 4.98 Å². The molecule has 2 unspecified atom stereocenters. The van der Waals surface area contributed by atoms with Crippen LogP contribution in [0.5, 0.6) is 0 Å². The van der Waals surface area contributed by atoms with Crippen molar-refractivity contribution in [1.82, 2.24) is 20.2 Å². The van der Waals surface area contributed by atoms with E-state index in [9.17, 15) is 0 Å². The molecule has 0 radical (unpaired) electrons. The second-order valence-corrected chi connectivity index (χ2v) is 12.0. The van der Waals surface area contributed by atoms with Crippen molar-refractivity contribution >= 4 is 22.3 Å². The summed E-state index contributed by atoms with van der Waals surface area (Å²) in [6, 6.07) is 10.7. The Morgan fingerprint density at radius 3 is 2.50 bits per heavy atom. The predicted molar refractivity (Wildman–Crippen MR) is 171 cm³/mol. The molecular weight excluding hydrogens is 492 g/mol. The summed E-state index contributed by atoms with van der Waals surface area (Å²) in [5.41, 5.74) is 8.58. The van der Waals surface area contributed by atoms with E-state index in [0.717, 1.165) is 62.7 Å². The quantitative estimate of drug-likeness (QED) is 0.287. The van der Waals surface area contributed by atoms with Crippen molar-refractivity contribution in [3.63, 3.8) is 0 Å². The Hall–Kier alpha value is -2.70. The summed E-state index contributed by atoms with van der Waals surface area (Å²) in [5.74, 6) is 0.802. The van der Waals surface area contributed by atoms with Crippen molar-refractivity contribution in [1.29, 1.82) is 0 Å². The highest BCUT2D eigenvalue weighted by Crippen LogP contribution is 2.36. The second kappa shape index (κ2) is 13.3. The van der Waals surface area contributed by atoms with Crippen LogP contribution >= 0.6 is 0 Å². The van der Waals surface area contributed by atoms with Crippen molar-refractivity contribution in [2.24, 2.45) is 5.92 Å². The molecule has 2 aromatic heterocycles. The number of rotatable bonds is 11. The number of aromatic nitrogens is 2. The molecule has 3 heterocycles. The van der Waals surface area contributed by atoms with Gasteiger partial charge in [-0.25, -0.2) is 4.98 Å². The van der Waals surface area contributed by atoms with E-state index in [1.165, 1.54) is 65.6 Å². The van der Waals surface area contributed by atoms with Crippen LogP contribution in [0, 0.1) is 5.92 Å². The molecule has 1 saturated heterocycles. The fourth-order valence-electron chi connectivity index (χ4n) is 6.99. The molecule has 6 nitrogen and oxygen atoms in total. The molecule has 1 saturated carbocycles. The first-order chi connectivity index (χ1) is 19.5. The van der Waals surface area contributed by atoms with Crippen LogP contribution in [0.1, 0.15) is 71.1 Å². The van der Waals surface area contributed by atoms with Crippen molar-refractivity contribution in [3.05, 3.63) is 47.9 Å². The first-order valence-electron chi connectivity index (χ1n) is 15.9. The molecule has 2 aliphatic rings. The van der Waals surface area contributed by atoms with Gasteiger partial charge in [0.15, 0.2) is 0 Å². The summed E-state index contributed by atoms with van der Waals surface area (Å²) in [7, 11) is 2.05. The smallest absolute Gasteiger partial charge is 0.0896 e. The molecule has 2 N–H and O–H groups in total. The Bertz CT molecular complexity index is 1260. The van der Waals surface area contributed by atoms with Crippen molar-refractivity contribution in [3.8, 4) is 11.1 Å². The Morgan fingerprint density at radius 2 is 1.82 bits per heavy atom. The monoisotopic (exact) mass is 542 g/mol. The highest BCUT2D eigenvalue weighted by atomic mass is 15.2. The van der Waals surface area contributed by atoms with Crippen LogP contribution in [0.25, 0.3) is 22.0 Å². The Labute approximate surface area is 242 Å². The van der Waals surface area contributed by atoms with Gasteiger partial charge < -0.3 is 15.5 Å². The maximum absolute atomic E-state index is 5.08. The van der Waals surface area contributed by atoms with E-state index in [1.54, 1.807) is 0 Å². The number of aryl methyl sites for hydroxylation is 2. The van der Waals surface area contributed by atoms with Crippen molar-refractivity contribution in [2.75, 3.05) is 50.0 Å². The van der Waals surface area contributed by atoms with Crippen LogP contribution in [0.15, 0.2) is 36.7 Å². The summed E-state index contributed by atoms with van der Waals surface area (Å²) < 4.78 is 0. The Morgan fingerprint density at radius 1 is 1.00 bits per heavy atom. The van der Waals surface area contributed by atoms with E-state index in [-0.39, 0.29) is 0 Å². The number of likely N-dealkylation sites (N-methyl/N-ethyl adjacent to an activating group) is 2. The first kappa shape index (κ1) is 28.8. The van der Waals surface area contributed by atoms with Crippen LogP contribution in [0.2, 0.25) is 0 Å². The van der Waals surface area contributed by atoms with Gasteiger partial charge in [0.1, 0.15) is 0 Å². The molecule has 3 aromatic rings. The second-order valence-electron chi connectivity index (χ2n) is 12.0. The van der Waals surface area contributed by atoms with Gasteiger partial charge in [-0.1, -0.05) is 33.8 Å². The number of hydrogen-bond acceptors (Lipinski definition) is 6. The minimum absolute atomic E-state index is 0.549. The van der Waals surface area contributed by atoms with E-state index in [1.807, 2.05) is 19.4 Å². The maximum atomic E-state index is 5.08. The zero-order valence-electron chi connectivity index (χ0n) is 25.5. The number of piperidine rings is 1. The minimum atomic E-state index is 0.549. The number of anilines is 2. The van der Waals surface area contributed by atoms with E-state index in [0.29, 0.717) is 12.1 Å². The molecule has 0 bridgehead atoms. The highest BCUT2D eigenvalue weighted by Gasteiger charge is 2.25. The molecular formula is C34H50N6. The average molecular weight is 543 g/mol.